The molecule has 2 atom stereocenters. The first kappa shape index (κ1) is 13.6. The van der Waals surface area contributed by atoms with Crippen LogP contribution in [0.5, 0.6) is 0 Å². The molecule has 2 aromatic rings. The van der Waals surface area contributed by atoms with Crippen molar-refractivity contribution in [2.24, 2.45) is 5.92 Å². The standard InChI is InChI=1S/C16H22N4S/c1-4-12(10-17-7-1)11-20-15-13(5-2-8-18-15)19-16(20)14-6-3-9-21-14/h2,5,8,12,14,17H,1,3-4,6-7,9-11H2. The third-order valence-electron chi connectivity index (χ3n) is 4.59. The second kappa shape index (κ2) is 5.97. The van der Waals surface area contributed by atoms with Crippen molar-refractivity contribution in [1.29, 1.82) is 0 Å². The fourth-order valence-corrected chi connectivity index (χ4v) is 4.80. The van der Waals surface area contributed by atoms with Crippen molar-refractivity contribution in [3.05, 3.63) is 24.2 Å². The lowest BCUT2D eigenvalue weighted by atomic mass is 9.99. The number of nitrogens with zero attached hydrogens (tertiary/aromatic N) is 3. The summed E-state index contributed by atoms with van der Waals surface area (Å²) in [6, 6.07) is 4.09. The van der Waals surface area contributed by atoms with Crippen molar-refractivity contribution in [3.63, 3.8) is 0 Å². The monoisotopic (exact) mass is 302 g/mol. The second-order valence-corrected chi connectivity index (χ2v) is 7.45. The van der Waals surface area contributed by atoms with Gasteiger partial charge in [0.05, 0.1) is 5.25 Å². The lowest BCUT2D eigenvalue weighted by molar-refractivity contribution is 0.336. The van der Waals surface area contributed by atoms with E-state index >= 15 is 0 Å². The van der Waals surface area contributed by atoms with Crippen molar-refractivity contribution in [2.75, 3.05) is 18.8 Å². The molecule has 0 spiro atoms. The number of aromatic nitrogens is 3. The molecule has 2 fully saturated rings. The van der Waals surface area contributed by atoms with E-state index in [1.165, 1.54) is 43.8 Å². The maximum Gasteiger partial charge on any atom is 0.160 e. The SMILES string of the molecule is c1cnc2c(c1)nc(C1CCCS1)n2CC1CCCNC1. The van der Waals surface area contributed by atoms with Crippen LogP contribution in [0.2, 0.25) is 0 Å². The Balaban J connectivity index is 1.70. The van der Waals surface area contributed by atoms with Crippen molar-refractivity contribution in [2.45, 2.75) is 37.5 Å². The van der Waals surface area contributed by atoms with Gasteiger partial charge in [0.1, 0.15) is 11.3 Å². The molecule has 0 aliphatic carbocycles. The van der Waals surface area contributed by atoms with Gasteiger partial charge in [-0.15, -0.1) is 0 Å². The molecule has 0 amide bonds. The van der Waals surface area contributed by atoms with Gasteiger partial charge in [-0.2, -0.15) is 11.8 Å². The summed E-state index contributed by atoms with van der Waals surface area (Å²) in [7, 11) is 0. The lowest BCUT2D eigenvalue weighted by Crippen LogP contribution is -2.32. The molecule has 2 unspecified atom stereocenters. The van der Waals surface area contributed by atoms with Crippen molar-refractivity contribution in [1.82, 2.24) is 19.9 Å². The van der Waals surface area contributed by atoms with E-state index in [-0.39, 0.29) is 0 Å². The van der Waals surface area contributed by atoms with Gasteiger partial charge < -0.3 is 9.88 Å². The molecular weight excluding hydrogens is 280 g/mol. The molecule has 21 heavy (non-hydrogen) atoms. The summed E-state index contributed by atoms with van der Waals surface area (Å²) in [5.41, 5.74) is 2.13. The van der Waals surface area contributed by atoms with E-state index in [1.807, 2.05) is 12.3 Å². The molecule has 2 aromatic heterocycles. The Kier molecular flexibility index (Phi) is 3.86. The Hall–Kier alpha value is -1.07. The van der Waals surface area contributed by atoms with Crippen molar-refractivity contribution in [3.8, 4) is 0 Å². The van der Waals surface area contributed by atoms with Gasteiger partial charge >= 0.3 is 0 Å². The van der Waals surface area contributed by atoms with Crippen LogP contribution in [-0.4, -0.2) is 33.4 Å². The zero-order valence-corrected chi connectivity index (χ0v) is 13.1. The Morgan fingerprint density at radius 3 is 3.14 bits per heavy atom. The van der Waals surface area contributed by atoms with Gasteiger partial charge in [0.25, 0.3) is 0 Å². The number of thioether (sulfide) groups is 1. The van der Waals surface area contributed by atoms with Crippen LogP contribution < -0.4 is 5.32 Å². The van der Waals surface area contributed by atoms with Crippen LogP contribution in [0.1, 0.15) is 36.8 Å². The summed E-state index contributed by atoms with van der Waals surface area (Å²) >= 11 is 2.06. The van der Waals surface area contributed by atoms with Gasteiger partial charge in [0.15, 0.2) is 5.65 Å². The summed E-state index contributed by atoms with van der Waals surface area (Å²) in [6.45, 7) is 3.36. The maximum atomic E-state index is 4.92. The second-order valence-electron chi connectivity index (χ2n) is 6.14. The zero-order valence-electron chi connectivity index (χ0n) is 12.3. The first-order valence-electron chi connectivity index (χ1n) is 8.05. The minimum absolute atomic E-state index is 0.566. The molecule has 2 aliphatic heterocycles. The van der Waals surface area contributed by atoms with E-state index in [4.69, 9.17) is 4.98 Å². The number of hydrogen-bond acceptors (Lipinski definition) is 4. The van der Waals surface area contributed by atoms with E-state index < -0.39 is 0 Å². The molecule has 4 rings (SSSR count). The minimum atomic E-state index is 0.566. The number of piperidine rings is 1. The highest BCUT2D eigenvalue weighted by Gasteiger charge is 2.26. The highest BCUT2D eigenvalue weighted by molar-refractivity contribution is 7.99. The normalized spacial score (nSPS) is 26.5. The number of nitrogens with one attached hydrogen (secondary N) is 1. The van der Waals surface area contributed by atoms with Gasteiger partial charge in [0.2, 0.25) is 0 Å². The fraction of sp³-hybridized carbons (Fsp3) is 0.625. The van der Waals surface area contributed by atoms with E-state index in [0.29, 0.717) is 11.2 Å². The molecule has 1 N–H and O–H groups in total. The minimum Gasteiger partial charge on any atom is -0.316 e. The highest BCUT2D eigenvalue weighted by Crippen LogP contribution is 2.40. The number of rotatable bonds is 3. The smallest absolute Gasteiger partial charge is 0.160 e. The largest absolute Gasteiger partial charge is 0.316 e. The lowest BCUT2D eigenvalue weighted by Gasteiger charge is -2.24. The molecular formula is C16H22N4S. The molecule has 0 saturated carbocycles. The third-order valence-corrected chi connectivity index (χ3v) is 5.96. The molecule has 0 radical (unpaired) electrons. The van der Waals surface area contributed by atoms with Crippen LogP contribution in [0.15, 0.2) is 18.3 Å². The average Bonchev–Trinajstić information content (AvgIpc) is 3.16. The number of hydrogen-bond donors (Lipinski definition) is 1. The third kappa shape index (κ3) is 2.69. The van der Waals surface area contributed by atoms with Gasteiger partial charge in [-0.25, -0.2) is 9.97 Å². The Morgan fingerprint density at radius 2 is 2.33 bits per heavy atom. The fourth-order valence-electron chi connectivity index (χ4n) is 3.52. The topological polar surface area (TPSA) is 42.7 Å². The van der Waals surface area contributed by atoms with Gasteiger partial charge in [0, 0.05) is 12.7 Å². The predicted octanol–water partition coefficient (Wildman–Crippen LogP) is 3.00. The maximum absolute atomic E-state index is 4.92. The predicted molar refractivity (Wildman–Crippen MR) is 87.6 cm³/mol. The van der Waals surface area contributed by atoms with Crippen LogP contribution >= 0.6 is 11.8 Å². The number of fused-ring (bicyclic) bond motifs is 1. The molecule has 112 valence electrons. The summed E-state index contributed by atoms with van der Waals surface area (Å²) in [6.07, 6.45) is 7.08. The molecule has 4 heterocycles. The first-order chi connectivity index (χ1) is 10.4. The Bertz CT molecular complexity index is 612. The number of imidazole rings is 1. The van der Waals surface area contributed by atoms with Crippen LogP contribution in [0.3, 0.4) is 0 Å². The summed E-state index contributed by atoms with van der Waals surface area (Å²) in [4.78, 5) is 9.53. The first-order valence-corrected chi connectivity index (χ1v) is 9.10. The number of pyridine rings is 1. The van der Waals surface area contributed by atoms with Crippen LogP contribution in [-0.2, 0) is 6.54 Å². The Labute approximate surface area is 129 Å². The van der Waals surface area contributed by atoms with Gasteiger partial charge in [-0.3, -0.25) is 0 Å². The van der Waals surface area contributed by atoms with E-state index in [9.17, 15) is 0 Å². The zero-order chi connectivity index (χ0) is 14.1. The molecule has 0 bridgehead atoms. The van der Waals surface area contributed by atoms with Crippen LogP contribution in [0, 0.1) is 5.92 Å². The average molecular weight is 302 g/mol. The van der Waals surface area contributed by atoms with E-state index in [0.717, 1.165) is 24.3 Å². The summed E-state index contributed by atoms with van der Waals surface area (Å²) < 4.78 is 2.41. The summed E-state index contributed by atoms with van der Waals surface area (Å²) in [5.74, 6) is 3.24. The molecule has 0 aromatic carbocycles. The quantitative estimate of drug-likeness (QED) is 0.946. The van der Waals surface area contributed by atoms with Crippen molar-refractivity contribution >= 4 is 22.9 Å². The van der Waals surface area contributed by atoms with Crippen molar-refractivity contribution < 1.29 is 0 Å². The molecule has 2 aliphatic rings. The van der Waals surface area contributed by atoms with Crippen LogP contribution in [0.4, 0.5) is 0 Å². The molecule has 2 saturated heterocycles. The van der Waals surface area contributed by atoms with Gasteiger partial charge in [-0.05, 0) is 62.6 Å². The van der Waals surface area contributed by atoms with Gasteiger partial charge in [-0.1, -0.05) is 0 Å². The van der Waals surface area contributed by atoms with E-state index in [1.54, 1.807) is 0 Å². The Morgan fingerprint density at radius 1 is 1.33 bits per heavy atom. The highest BCUT2D eigenvalue weighted by atomic mass is 32.2. The van der Waals surface area contributed by atoms with Crippen LogP contribution in [0.25, 0.3) is 11.2 Å². The molecule has 5 heteroatoms. The van der Waals surface area contributed by atoms with E-state index in [2.05, 4.69) is 32.7 Å². The summed E-state index contributed by atoms with van der Waals surface area (Å²) in [5, 5.41) is 4.09. The molecule has 4 nitrogen and oxygen atoms in total.